The summed E-state index contributed by atoms with van der Waals surface area (Å²) in [6.45, 7) is 4.29. The Hall–Kier alpha value is -1.32. The Bertz CT molecular complexity index is 486. The zero-order valence-electron chi connectivity index (χ0n) is 11.0. The maximum Gasteiger partial charge on any atom is 0.119 e. The third-order valence-electron chi connectivity index (χ3n) is 3.49. The average Bonchev–Trinajstić information content (AvgIpc) is 3.13. The minimum Gasteiger partial charge on any atom is -0.492 e. The lowest BCUT2D eigenvalue weighted by atomic mass is 10.2. The fourth-order valence-corrected chi connectivity index (χ4v) is 3.06. The van der Waals surface area contributed by atoms with Gasteiger partial charge in [0.1, 0.15) is 12.4 Å². The Morgan fingerprint density at radius 2 is 1.89 bits per heavy atom. The van der Waals surface area contributed by atoms with Crippen molar-refractivity contribution in [3.63, 3.8) is 0 Å². The van der Waals surface area contributed by atoms with Crippen LogP contribution in [-0.4, -0.2) is 31.1 Å². The lowest BCUT2D eigenvalue weighted by Gasteiger charge is -2.14. The molecule has 3 rings (SSSR count). The number of benzene rings is 1. The molecule has 19 heavy (non-hydrogen) atoms. The quantitative estimate of drug-likeness (QED) is 0.823. The summed E-state index contributed by atoms with van der Waals surface area (Å²) in [5, 5.41) is 3.11. The number of nitrogens with zero attached hydrogens (tertiary/aromatic N) is 1. The number of likely N-dealkylation sites (tertiary alicyclic amines) is 1. The van der Waals surface area contributed by atoms with Crippen LogP contribution in [0, 0.1) is 5.38 Å². The van der Waals surface area contributed by atoms with Crippen LogP contribution in [0.1, 0.15) is 12.8 Å². The van der Waals surface area contributed by atoms with Gasteiger partial charge < -0.3 is 4.74 Å². The molecule has 2 heterocycles. The number of rotatable bonds is 5. The standard InChI is InChI=1S/C16H18NOS/c1-2-10-17(9-1)11-12-18-15-7-5-14(6-8-15)16-4-3-13-19-16/h3-8H,1-2,9-12H2. The van der Waals surface area contributed by atoms with Crippen molar-refractivity contribution in [2.24, 2.45) is 0 Å². The highest BCUT2D eigenvalue weighted by Crippen LogP contribution is 2.26. The van der Waals surface area contributed by atoms with E-state index in [0.29, 0.717) is 0 Å². The van der Waals surface area contributed by atoms with Crippen LogP contribution in [0.3, 0.4) is 0 Å². The first-order valence-electron chi connectivity index (χ1n) is 6.83. The van der Waals surface area contributed by atoms with Crippen LogP contribution < -0.4 is 4.74 Å². The van der Waals surface area contributed by atoms with Gasteiger partial charge in [0, 0.05) is 16.8 Å². The summed E-state index contributed by atoms with van der Waals surface area (Å²) in [4.78, 5) is 3.72. The van der Waals surface area contributed by atoms with Crippen LogP contribution in [0.2, 0.25) is 0 Å². The molecule has 0 unspecified atom stereocenters. The highest BCUT2D eigenvalue weighted by molar-refractivity contribution is 7.13. The molecule has 0 bridgehead atoms. The third-order valence-corrected chi connectivity index (χ3v) is 4.33. The molecule has 0 N–H and O–H groups in total. The second-order valence-electron chi connectivity index (χ2n) is 4.84. The number of thiophene rings is 1. The largest absolute Gasteiger partial charge is 0.492 e. The van der Waals surface area contributed by atoms with Crippen molar-refractivity contribution in [2.45, 2.75) is 12.8 Å². The Kier molecular flexibility index (Phi) is 4.16. The van der Waals surface area contributed by atoms with Crippen molar-refractivity contribution in [1.82, 2.24) is 4.90 Å². The second-order valence-corrected chi connectivity index (χ2v) is 5.72. The van der Waals surface area contributed by atoms with Crippen LogP contribution in [0.5, 0.6) is 5.75 Å². The molecule has 1 aromatic carbocycles. The van der Waals surface area contributed by atoms with Gasteiger partial charge >= 0.3 is 0 Å². The maximum absolute atomic E-state index is 5.79. The van der Waals surface area contributed by atoms with E-state index < -0.39 is 0 Å². The Morgan fingerprint density at radius 3 is 2.58 bits per heavy atom. The zero-order valence-corrected chi connectivity index (χ0v) is 11.8. The van der Waals surface area contributed by atoms with Gasteiger partial charge in [-0.3, -0.25) is 4.90 Å². The van der Waals surface area contributed by atoms with Crippen LogP contribution in [0.4, 0.5) is 0 Å². The van der Waals surface area contributed by atoms with Crippen molar-refractivity contribution >= 4 is 11.3 Å². The minimum absolute atomic E-state index is 0.784. The molecular formula is C16H18NOS. The van der Waals surface area contributed by atoms with E-state index in [2.05, 4.69) is 40.6 Å². The molecule has 1 fully saturated rings. The van der Waals surface area contributed by atoms with Crippen LogP contribution in [-0.2, 0) is 0 Å². The minimum atomic E-state index is 0.784. The maximum atomic E-state index is 5.79. The van der Waals surface area contributed by atoms with Gasteiger partial charge in [-0.1, -0.05) is 0 Å². The highest BCUT2D eigenvalue weighted by atomic mass is 32.1. The van der Waals surface area contributed by atoms with E-state index in [1.807, 2.05) is 6.07 Å². The molecule has 1 aliphatic heterocycles. The molecule has 99 valence electrons. The van der Waals surface area contributed by atoms with Gasteiger partial charge in [0.05, 0.1) is 0 Å². The monoisotopic (exact) mass is 272 g/mol. The predicted octanol–water partition coefficient (Wildman–Crippen LogP) is 3.69. The molecule has 0 amide bonds. The summed E-state index contributed by atoms with van der Waals surface area (Å²) in [6.07, 6.45) is 2.68. The molecule has 1 aromatic heterocycles. The van der Waals surface area contributed by atoms with E-state index in [4.69, 9.17) is 4.74 Å². The topological polar surface area (TPSA) is 12.5 Å². The summed E-state index contributed by atoms with van der Waals surface area (Å²) in [7, 11) is 0. The summed E-state index contributed by atoms with van der Waals surface area (Å²) in [6, 6.07) is 12.4. The van der Waals surface area contributed by atoms with Gasteiger partial charge in [-0.05, 0) is 67.9 Å². The molecule has 2 nitrogen and oxygen atoms in total. The summed E-state index contributed by atoms with van der Waals surface area (Å²) < 4.78 is 5.79. The molecule has 2 aromatic rings. The van der Waals surface area contributed by atoms with Crippen LogP contribution in [0.25, 0.3) is 10.4 Å². The highest BCUT2D eigenvalue weighted by Gasteiger charge is 2.10. The molecular weight excluding hydrogens is 254 g/mol. The van der Waals surface area contributed by atoms with E-state index in [1.165, 1.54) is 36.4 Å². The van der Waals surface area contributed by atoms with Crippen molar-refractivity contribution in [1.29, 1.82) is 0 Å². The van der Waals surface area contributed by atoms with Crippen LogP contribution in [0.15, 0.2) is 36.4 Å². The third kappa shape index (κ3) is 3.37. The summed E-state index contributed by atoms with van der Waals surface area (Å²) in [5.74, 6) is 0.962. The molecule has 0 aliphatic carbocycles. The van der Waals surface area contributed by atoms with Gasteiger partial charge in [0.15, 0.2) is 0 Å². The normalized spacial score (nSPS) is 15.8. The molecule has 0 saturated carbocycles. The first-order chi connectivity index (χ1) is 9.42. The molecule has 1 radical (unpaired) electrons. The first-order valence-corrected chi connectivity index (χ1v) is 7.65. The Balaban J connectivity index is 1.51. The van der Waals surface area contributed by atoms with E-state index in [1.54, 1.807) is 11.3 Å². The van der Waals surface area contributed by atoms with E-state index in [-0.39, 0.29) is 0 Å². The SMILES string of the molecule is [c]1ccc(-c2ccc(OCCN3CCCC3)cc2)s1. The summed E-state index contributed by atoms with van der Waals surface area (Å²) in [5.41, 5.74) is 1.23. The van der Waals surface area contributed by atoms with Crippen LogP contribution >= 0.6 is 11.3 Å². The molecule has 0 spiro atoms. The van der Waals surface area contributed by atoms with Crippen molar-refractivity contribution in [3.8, 4) is 16.2 Å². The Labute approximate surface area is 118 Å². The smallest absolute Gasteiger partial charge is 0.119 e. The lowest BCUT2D eigenvalue weighted by Crippen LogP contribution is -2.25. The number of hydrogen-bond donors (Lipinski definition) is 0. The number of hydrogen-bond acceptors (Lipinski definition) is 3. The lowest BCUT2D eigenvalue weighted by molar-refractivity contribution is 0.238. The van der Waals surface area contributed by atoms with E-state index >= 15 is 0 Å². The van der Waals surface area contributed by atoms with Crippen molar-refractivity contribution < 1.29 is 4.74 Å². The van der Waals surface area contributed by atoms with Gasteiger partial charge in [-0.25, -0.2) is 0 Å². The average molecular weight is 272 g/mol. The van der Waals surface area contributed by atoms with Gasteiger partial charge in [0.25, 0.3) is 0 Å². The van der Waals surface area contributed by atoms with E-state index in [9.17, 15) is 0 Å². The van der Waals surface area contributed by atoms with Crippen molar-refractivity contribution in [2.75, 3.05) is 26.2 Å². The molecule has 3 heteroatoms. The Morgan fingerprint density at radius 1 is 1.11 bits per heavy atom. The summed E-state index contributed by atoms with van der Waals surface area (Å²) >= 11 is 1.64. The second kappa shape index (κ2) is 6.22. The molecule has 1 aliphatic rings. The molecule has 0 atom stereocenters. The van der Waals surface area contributed by atoms with Gasteiger partial charge in [0.2, 0.25) is 0 Å². The first kappa shape index (κ1) is 12.7. The number of ether oxygens (including phenoxy) is 1. The fraction of sp³-hybridized carbons (Fsp3) is 0.375. The van der Waals surface area contributed by atoms with Crippen molar-refractivity contribution in [3.05, 3.63) is 41.8 Å². The van der Waals surface area contributed by atoms with Gasteiger partial charge in [-0.15, -0.1) is 11.3 Å². The zero-order chi connectivity index (χ0) is 12.9. The predicted molar refractivity (Wildman–Crippen MR) is 79.8 cm³/mol. The van der Waals surface area contributed by atoms with Gasteiger partial charge in [-0.2, -0.15) is 0 Å². The molecule has 1 saturated heterocycles. The fourth-order valence-electron chi connectivity index (χ4n) is 2.41. The van der Waals surface area contributed by atoms with E-state index in [0.717, 1.165) is 18.9 Å².